The van der Waals surface area contributed by atoms with Crippen molar-refractivity contribution in [3.63, 3.8) is 0 Å². The molecule has 17 heavy (non-hydrogen) atoms. The number of carboxylic acid groups (broad SMARTS) is 1. The number of hydrogen-bond acceptors (Lipinski definition) is 4. The van der Waals surface area contributed by atoms with Gasteiger partial charge in [-0.05, 0) is 33.8 Å². The van der Waals surface area contributed by atoms with Crippen molar-refractivity contribution in [2.45, 2.75) is 40.2 Å². The molecule has 0 atom stereocenters. The molecule has 0 spiro atoms. The van der Waals surface area contributed by atoms with Crippen molar-refractivity contribution >= 4 is 11.9 Å². The molecule has 0 saturated heterocycles. The maximum absolute atomic E-state index is 10.6. The van der Waals surface area contributed by atoms with Crippen LogP contribution in [0.3, 0.4) is 0 Å². The highest BCUT2D eigenvalue weighted by Gasteiger charge is 2.15. The quantitative estimate of drug-likeness (QED) is 0.845. The van der Waals surface area contributed by atoms with Gasteiger partial charge in [0.1, 0.15) is 0 Å². The number of aryl methyl sites for hydroxylation is 2. The first-order chi connectivity index (χ1) is 7.90. The summed E-state index contributed by atoms with van der Waals surface area (Å²) in [4.78, 5) is 21.2. The predicted molar refractivity (Wildman–Crippen MR) is 66.2 cm³/mol. The Morgan fingerprint density at radius 3 is 2.29 bits per heavy atom. The third-order valence-electron chi connectivity index (χ3n) is 2.42. The van der Waals surface area contributed by atoms with Gasteiger partial charge in [0.15, 0.2) is 0 Å². The Kier molecular flexibility index (Phi) is 4.43. The van der Waals surface area contributed by atoms with Gasteiger partial charge in [-0.2, -0.15) is 0 Å². The fourth-order valence-corrected chi connectivity index (χ4v) is 1.64. The van der Waals surface area contributed by atoms with Gasteiger partial charge in [0.2, 0.25) is 5.95 Å². The number of nitrogens with zero attached hydrogens (tertiary/aromatic N) is 3. The van der Waals surface area contributed by atoms with E-state index in [4.69, 9.17) is 5.11 Å². The maximum atomic E-state index is 10.6. The summed E-state index contributed by atoms with van der Waals surface area (Å²) in [6.07, 6.45) is 0.0918. The molecule has 0 fully saturated rings. The molecule has 0 aliphatic rings. The van der Waals surface area contributed by atoms with Gasteiger partial charge in [0.25, 0.3) is 0 Å². The zero-order valence-corrected chi connectivity index (χ0v) is 10.8. The fraction of sp³-hybridized carbons (Fsp3) is 0.583. The lowest BCUT2D eigenvalue weighted by Crippen LogP contribution is -2.34. The van der Waals surface area contributed by atoms with Gasteiger partial charge in [-0.15, -0.1) is 0 Å². The molecule has 0 aromatic carbocycles. The van der Waals surface area contributed by atoms with Crippen molar-refractivity contribution in [1.82, 2.24) is 9.97 Å². The lowest BCUT2D eigenvalue weighted by Gasteiger charge is -2.26. The average molecular weight is 237 g/mol. The molecule has 0 bridgehead atoms. The van der Waals surface area contributed by atoms with Gasteiger partial charge in [0, 0.05) is 24.0 Å². The standard InChI is InChI=1S/C12H19N3O2/c1-8(2)15(6-5-11(16)17)12-13-9(3)7-10(4)14-12/h7-8H,5-6H2,1-4H3,(H,16,17). The minimum Gasteiger partial charge on any atom is -0.481 e. The highest BCUT2D eigenvalue weighted by atomic mass is 16.4. The number of anilines is 1. The fourth-order valence-electron chi connectivity index (χ4n) is 1.64. The van der Waals surface area contributed by atoms with E-state index in [1.165, 1.54) is 0 Å². The van der Waals surface area contributed by atoms with Crippen molar-refractivity contribution in [2.24, 2.45) is 0 Å². The Morgan fingerprint density at radius 2 is 1.88 bits per heavy atom. The van der Waals surface area contributed by atoms with Crippen LogP contribution in [0.4, 0.5) is 5.95 Å². The van der Waals surface area contributed by atoms with E-state index in [0.29, 0.717) is 12.5 Å². The van der Waals surface area contributed by atoms with Crippen LogP contribution in [0.1, 0.15) is 31.7 Å². The molecule has 1 rings (SSSR count). The van der Waals surface area contributed by atoms with Gasteiger partial charge < -0.3 is 10.0 Å². The Morgan fingerprint density at radius 1 is 1.35 bits per heavy atom. The van der Waals surface area contributed by atoms with Crippen molar-refractivity contribution in [3.8, 4) is 0 Å². The molecule has 0 saturated carbocycles. The number of hydrogen-bond donors (Lipinski definition) is 1. The van der Waals surface area contributed by atoms with E-state index in [1.54, 1.807) is 0 Å². The molecular formula is C12H19N3O2. The van der Waals surface area contributed by atoms with E-state index in [2.05, 4.69) is 9.97 Å². The zero-order chi connectivity index (χ0) is 13.0. The molecule has 94 valence electrons. The molecule has 1 aromatic heterocycles. The van der Waals surface area contributed by atoms with Crippen LogP contribution in [0, 0.1) is 13.8 Å². The normalized spacial score (nSPS) is 10.6. The van der Waals surface area contributed by atoms with Crippen LogP contribution in [0.25, 0.3) is 0 Å². The molecule has 0 radical (unpaired) electrons. The average Bonchev–Trinajstić information content (AvgIpc) is 2.14. The van der Waals surface area contributed by atoms with Gasteiger partial charge in [-0.1, -0.05) is 0 Å². The van der Waals surface area contributed by atoms with E-state index in [0.717, 1.165) is 11.4 Å². The number of carboxylic acids is 1. The van der Waals surface area contributed by atoms with Crippen molar-refractivity contribution < 1.29 is 9.90 Å². The first-order valence-electron chi connectivity index (χ1n) is 5.71. The summed E-state index contributed by atoms with van der Waals surface area (Å²) >= 11 is 0. The maximum Gasteiger partial charge on any atom is 0.305 e. The smallest absolute Gasteiger partial charge is 0.305 e. The molecule has 0 unspecified atom stereocenters. The zero-order valence-electron chi connectivity index (χ0n) is 10.8. The topological polar surface area (TPSA) is 66.3 Å². The van der Waals surface area contributed by atoms with E-state index in [-0.39, 0.29) is 12.5 Å². The number of aromatic nitrogens is 2. The van der Waals surface area contributed by atoms with E-state index in [9.17, 15) is 4.79 Å². The summed E-state index contributed by atoms with van der Waals surface area (Å²) in [5.74, 6) is -0.196. The summed E-state index contributed by atoms with van der Waals surface area (Å²) in [6, 6.07) is 2.08. The van der Waals surface area contributed by atoms with Crippen LogP contribution in [0.5, 0.6) is 0 Å². The minimum atomic E-state index is -0.806. The van der Waals surface area contributed by atoms with Crippen molar-refractivity contribution in [3.05, 3.63) is 17.5 Å². The second-order valence-corrected chi connectivity index (χ2v) is 4.38. The molecule has 1 aromatic rings. The SMILES string of the molecule is Cc1cc(C)nc(N(CCC(=O)O)C(C)C)n1. The highest BCUT2D eigenvalue weighted by molar-refractivity contribution is 5.67. The van der Waals surface area contributed by atoms with Gasteiger partial charge in [-0.3, -0.25) is 4.79 Å². The number of aliphatic carboxylic acids is 1. The third kappa shape index (κ3) is 4.01. The molecule has 1 heterocycles. The molecule has 0 amide bonds. The molecule has 0 aliphatic carbocycles. The Labute approximate surface area is 102 Å². The van der Waals surface area contributed by atoms with E-state index >= 15 is 0 Å². The Balaban J connectivity index is 2.92. The lowest BCUT2D eigenvalue weighted by atomic mass is 10.3. The molecular weight excluding hydrogens is 218 g/mol. The Bertz CT molecular complexity index is 384. The van der Waals surface area contributed by atoms with Crippen LogP contribution in [-0.4, -0.2) is 33.6 Å². The Hall–Kier alpha value is -1.65. The largest absolute Gasteiger partial charge is 0.481 e. The predicted octanol–water partition coefficient (Wildman–Crippen LogP) is 1.78. The first kappa shape index (κ1) is 13.4. The second-order valence-electron chi connectivity index (χ2n) is 4.38. The molecule has 0 aliphatic heterocycles. The summed E-state index contributed by atoms with van der Waals surface area (Å²) in [5.41, 5.74) is 1.79. The second kappa shape index (κ2) is 5.61. The minimum absolute atomic E-state index is 0.0918. The number of carbonyl (C=O) groups is 1. The van der Waals surface area contributed by atoms with E-state index in [1.807, 2.05) is 38.7 Å². The first-order valence-corrected chi connectivity index (χ1v) is 5.71. The van der Waals surface area contributed by atoms with Crippen LogP contribution >= 0.6 is 0 Å². The molecule has 5 nitrogen and oxygen atoms in total. The molecule has 5 heteroatoms. The van der Waals surface area contributed by atoms with Crippen molar-refractivity contribution in [2.75, 3.05) is 11.4 Å². The van der Waals surface area contributed by atoms with Gasteiger partial charge in [-0.25, -0.2) is 9.97 Å². The van der Waals surface area contributed by atoms with E-state index < -0.39 is 5.97 Å². The lowest BCUT2D eigenvalue weighted by molar-refractivity contribution is -0.136. The summed E-state index contributed by atoms with van der Waals surface area (Å²) in [5, 5.41) is 8.73. The van der Waals surface area contributed by atoms with Crippen LogP contribution in [-0.2, 0) is 4.79 Å². The van der Waals surface area contributed by atoms with Gasteiger partial charge >= 0.3 is 5.97 Å². The summed E-state index contributed by atoms with van der Waals surface area (Å²) in [6.45, 7) is 8.25. The highest BCUT2D eigenvalue weighted by Crippen LogP contribution is 2.13. The summed E-state index contributed by atoms with van der Waals surface area (Å²) in [7, 11) is 0. The monoisotopic (exact) mass is 237 g/mol. The van der Waals surface area contributed by atoms with Crippen molar-refractivity contribution in [1.29, 1.82) is 0 Å². The van der Waals surface area contributed by atoms with Gasteiger partial charge in [0.05, 0.1) is 6.42 Å². The van der Waals surface area contributed by atoms with Crippen LogP contribution < -0.4 is 4.90 Å². The van der Waals surface area contributed by atoms with Crippen LogP contribution in [0.15, 0.2) is 6.07 Å². The molecule has 1 N–H and O–H groups in total. The number of rotatable bonds is 5. The third-order valence-corrected chi connectivity index (χ3v) is 2.42. The summed E-state index contributed by atoms with van der Waals surface area (Å²) < 4.78 is 0. The van der Waals surface area contributed by atoms with Crippen LogP contribution in [0.2, 0.25) is 0 Å².